The van der Waals surface area contributed by atoms with Gasteiger partial charge in [-0.05, 0) is 18.9 Å². The van der Waals surface area contributed by atoms with Crippen LogP contribution in [0.4, 0.5) is 10.1 Å². The zero-order valence-electron chi connectivity index (χ0n) is 11.6. The minimum absolute atomic E-state index is 0.361. The molecule has 1 N–H and O–H groups in total. The molecule has 0 aliphatic heterocycles. The Morgan fingerprint density at radius 3 is 2.45 bits per heavy atom. The first kappa shape index (κ1) is 16.3. The van der Waals surface area contributed by atoms with E-state index in [0.29, 0.717) is 37.8 Å². The Labute approximate surface area is 127 Å². The molecule has 0 aromatic heterocycles. The highest BCUT2D eigenvalue weighted by atomic mass is 32.2. The number of halogens is 1. The lowest BCUT2D eigenvalue weighted by Gasteiger charge is -2.31. The van der Waals surface area contributed by atoms with Crippen LogP contribution in [0.3, 0.4) is 0 Å². The van der Waals surface area contributed by atoms with E-state index in [-0.39, 0.29) is 0 Å². The number of sulfonamides is 1. The Balaban J connectivity index is 2.38. The highest BCUT2D eigenvalue weighted by Gasteiger charge is 2.37. The minimum atomic E-state index is -4.23. The number of nitro benzene ring substituents is 1. The maximum absolute atomic E-state index is 13.4. The van der Waals surface area contributed by atoms with Crippen molar-refractivity contribution >= 4 is 15.7 Å². The van der Waals surface area contributed by atoms with Crippen LogP contribution in [0.2, 0.25) is 0 Å². The molecule has 1 saturated carbocycles. The summed E-state index contributed by atoms with van der Waals surface area (Å²) in [4.78, 5) is 9.28. The SMILES string of the molecule is N#CC1(NS(=O)(=O)c2cc(F)cc([N+](=O)[O-])c2)CCCCC1. The van der Waals surface area contributed by atoms with Gasteiger partial charge in [0, 0.05) is 6.07 Å². The third-order valence-electron chi connectivity index (χ3n) is 3.63. The van der Waals surface area contributed by atoms with Crippen molar-refractivity contribution in [2.75, 3.05) is 0 Å². The molecule has 1 aromatic rings. The maximum Gasteiger partial charge on any atom is 0.273 e. The molecule has 0 unspecified atom stereocenters. The Bertz CT molecular complexity index is 736. The number of nitrogens with zero attached hydrogens (tertiary/aromatic N) is 2. The molecule has 2 rings (SSSR count). The van der Waals surface area contributed by atoms with E-state index in [2.05, 4.69) is 4.72 Å². The van der Waals surface area contributed by atoms with Gasteiger partial charge in [-0.1, -0.05) is 19.3 Å². The molecule has 0 saturated heterocycles. The van der Waals surface area contributed by atoms with E-state index in [0.717, 1.165) is 12.5 Å². The Hall–Kier alpha value is -2.05. The number of nitriles is 1. The van der Waals surface area contributed by atoms with Gasteiger partial charge in [0.2, 0.25) is 10.0 Å². The molecule has 1 aliphatic carbocycles. The monoisotopic (exact) mass is 327 g/mol. The number of non-ortho nitro benzene ring substituents is 1. The van der Waals surface area contributed by atoms with Gasteiger partial charge < -0.3 is 0 Å². The molecule has 0 heterocycles. The molecule has 1 aromatic carbocycles. The quantitative estimate of drug-likeness (QED) is 0.673. The van der Waals surface area contributed by atoms with E-state index in [1.165, 1.54) is 0 Å². The van der Waals surface area contributed by atoms with Crippen LogP contribution in [0.25, 0.3) is 0 Å². The van der Waals surface area contributed by atoms with E-state index in [1.807, 2.05) is 6.07 Å². The Morgan fingerprint density at radius 2 is 1.91 bits per heavy atom. The van der Waals surface area contributed by atoms with Crippen molar-refractivity contribution in [2.24, 2.45) is 0 Å². The maximum atomic E-state index is 13.4. The van der Waals surface area contributed by atoms with Crippen molar-refractivity contribution in [1.82, 2.24) is 4.72 Å². The van der Waals surface area contributed by atoms with Gasteiger partial charge in [0.25, 0.3) is 5.69 Å². The summed E-state index contributed by atoms with van der Waals surface area (Å²) < 4.78 is 40.4. The van der Waals surface area contributed by atoms with E-state index < -0.39 is 36.9 Å². The molecule has 7 nitrogen and oxygen atoms in total. The van der Waals surface area contributed by atoms with Gasteiger partial charge in [0.05, 0.1) is 22.0 Å². The number of nitro groups is 1. The predicted molar refractivity (Wildman–Crippen MR) is 74.8 cm³/mol. The van der Waals surface area contributed by atoms with Crippen LogP contribution in [0.15, 0.2) is 23.1 Å². The molecular weight excluding hydrogens is 313 g/mol. The second-order valence-corrected chi connectivity index (χ2v) is 6.94. The van der Waals surface area contributed by atoms with Crippen molar-refractivity contribution in [3.8, 4) is 6.07 Å². The molecule has 1 fully saturated rings. The summed E-state index contributed by atoms with van der Waals surface area (Å²) in [6.07, 6.45) is 3.05. The lowest BCUT2D eigenvalue weighted by molar-refractivity contribution is -0.385. The van der Waals surface area contributed by atoms with Crippen molar-refractivity contribution in [2.45, 2.75) is 42.5 Å². The summed E-state index contributed by atoms with van der Waals surface area (Å²) in [7, 11) is -4.23. The third kappa shape index (κ3) is 3.40. The highest BCUT2D eigenvalue weighted by Crippen LogP contribution is 2.30. The molecule has 9 heteroatoms. The van der Waals surface area contributed by atoms with Gasteiger partial charge in [-0.15, -0.1) is 0 Å². The number of benzene rings is 1. The fourth-order valence-electron chi connectivity index (χ4n) is 2.52. The topological polar surface area (TPSA) is 113 Å². The van der Waals surface area contributed by atoms with Crippen LogP contribution in [0.1, 0.15) is 32.1 Å². The molecule has 0 radical (unpaired) electrons. The van der Waals surface area contributed by atoms with E-state index in [9.17, 15) is 28.2 Å². The van der Waals surface area contributed by atoms with Gasteiger partial charge in [0.15, 0.2) is 0 Å². The van der Waals surface area contributed by atoms with E-state index in [4.69, 9.17) is 0 Å². The normalized spacial score (nSPS) is 17.6. The van der Waals surface area contributed by atoms with Crippen LogP contribution >= 0.6 is 0 Å². The van der Waals surface area contributed by atoms with E-state index >= 15 is 0 Å². The summed E-state index contributed by atoms with van der Waals surface area (Å²) in [6, 6.07) is 4.09. The predicted octanol–water partition coefficient (Wildman–Crippen LogP) is 2.24. The number of nitrogens with one attached hydrogen (secondary N) is 1. The lowest BCUT2D eigenvalue weighted by Crippen LogP contribution is -2.48. The average molecular weight is 327 g/mol. The standard InChI is InChI=1S/C13H14FN3O4S/c14-10-6-11(17(18)19)8-12(7-10)22(20,21)16-13(9-15)4-2-1-3-5-13/h6-8,16H,1-5H2. The summed E-state index contributed by atoms with van der Waals surface area (Å²) in [5.74, 6) is -1.02. The van der Waals surface area contributed by atoms with Gasteiger partial charge in [-0.2, -0.15) is 9.98 Å². The molecule has 22 heavy (non-hydrogen) atoms. The first-order valence-corrected chi connectivity index (χ1v) is 8.17. The molecule has 0 bridgehead atoms. The largest absolute Gasteiger partial charge is 0.273 e. The minimum Gasteiger partial charge on any atom is -0.258 e. The highest BCUT2D eigenvalue weighted by molar-refractivity contribution is 7.89. The van der Waals surface area contributed by atoms with Gasteiger partial charge >= 0.3 is 0 Å². The van der Waals surface area contributed by atoms with Crippen molar-refractivity contribution in [1.29, 1.82) is 5.26 Å². The first-order chi connectivity index (χ1) is 10.3. The van der Waals surface area contributed by atoms with Gasteiger partial charge in [0.1, 0.15) is 11.4 Å². The summed E-state index contributed by atoms with van der Waals surface area (Å²) in [5.41, 5.74) is -1.90. The van der Waals surface area contributed by atoms with Crippen LogP contribution in [-0.2, 0) is 10.0 Å². The number of rotatable bonds is 4. The Morgan fingerprint density at radius 1 is 1.27 bits per heavy atom. The summed E-state index contributed by atoms with van der Waals surface area (Å²) >= 11 is 0. The molecular formula is C13H14FN3O4S. The van der Waals surface area contributed by atoms with Crippen LogP contribution in [0, 0.1) is 27.3 Å². The van der Waals surface area contributed by atoms with Gasteiger partial charge in [-0.25, -0.2) is 12.8 Å². The second-order valence-electron chi connectivity index (χ2n) is 5.26. The molecule has 1 aliphatic rings. The van der Waals surface area contributed by atoms with Crippen LogP contribution in [-0.4, -0.2) is 18.9 Å². The third-order valence-corrected chi connectivity index (χ3v) is 5.14. The fraction of sp³-hybridized carbons (Fsp3) is 0.462. The van der Waals surface area contributed by atoms with Crippen molar-refractivity contribution < 1.29 is 17.7 Å². The zero-order valence-corrected chi connectivity index (χ0v) is 12.4. The number of hydrogen-bond acceptors (Lipinski definition) is 5. The second kappa shape index (κ2) is 5.98. The molecule has 0 amide bonds. The average Bonchev–Trinajstić information content (AvgIpc) is 2.47. The fourth-order valence-corrected chi connectivity index (χ4v) is 3.94. The summed E-state index contributed by atoms with van der Waals surface area (Å²) in [5, 5.41) is 20.0. The smallest absolute Gasteiger partial charge is 0.258 e. The van der Waals surface area contributed by atoms with Crippen molar-refractivity contribution in [3.63, 3.8) is 0 Å². The van der Waals surface area contributed by atoms with Crippen molar-refractivity contribution in [3.05, 3.63) is 34.1 Å². The van der Waals surface area contributed by atoms with Crippen LogP contribution in [0.5, 0.6) is 0 Å². The molecule has 0 spiro atoms. The van der Waals surface area contributed by atoms with Gasteiger partial charge in [-0.3, -0.25) is 10.1 Å². The molecule has 118 valence electrons. The lowest BCUT2D eigenvalue weighted by atomic mass is 9.84. The van der Waals surface area contributed by atoms with Crippen LogP contribution < -0.4 is 4.72 Å². The first-order valence-electron chi connectivity index (χ1n) is 6.68. The number of hydrogen-bond donors (Lipinski definition) is 1. The Kier molecular flexibility index (Phi) is 4.44. The molecule has 0 atom stereocenters. The van der Waals surface area contributed by atoms with E-state index in [1.54, 1.807) is 0 Å². The zero-order chi connectivity index (χ0) is 16.4. The summed E-state index contributed by atoms with van der Waals surface area (Å²) in [6.45, 7) is 0.